The van der Waals surface area contributed by atoms with Crippen molar-refractivity contribution in [2.24, 2.45) is 5.73 Å². The summed E-state index contributed by atoms with van der Waals surface area (Å²) in [6.45, 7) is 12.7. The lowest BCUT2D eigenvalue weighted by atomic mass is 10.3. The fraction of sp³-hybridized carbons (Fsp3) is 0.900. The summed E-state index contributed by atoms with van der Waals surface area (Å²) in [6.07, 6.45) is 0. The van der Waals surface area contributed by atoms with Crippen molar-refractivity contribution in [3.8, 4) is 0 Å². The monoisotopic (exact) mass is 931 g/mol. The fourth-order valence-corrected chi connectivity index (χ4v) is 5.69. The van der Waals surface area contributed by atoms with Crippen molar-refractivity contribution < 1.29 is 86.6 Å². The first-order chi connectivity index (χ1) is 31.2. The number of carbonyl (C=O) groups excluding carboxylic acids is 1. The summed E-state index contributed by atoms with van der Waals surface area (Å²) in [5.41, 5.74) is 5.34. The van der Waals surface area contributed by atoms with E-state index < -0.39 is 17.9 Å². The zero-order chi connectivity index (χ0) is 46.6. The van der Waals surface area contributed by atoms with Crippen LogP contribution in [-0.2, 0) is 71.3 Å². The first kappa shape index (κ1) is 59.3. The Kier molecular flexibility index (Phi) is 40.8. The van der Waals surface area contributed by atoms with Gasteiger partial charge in [-0.05, 0) is 0 Å². The summed E-state index contributed by atoms with van der Waals surface area (Å²) in [5.74, 6) is -3.29. The van der Waals surface area contributed by atoms with E-state index in [0.717, 1.165) is 0 Å². The van der Waals surface area contributed by atoms with Gasteiger partial charge in [0.25, 0.3) is 0 Å². The quantitative estimate of drug-likeness (QED) is 0.0375. The molecular weight excluding hydrogens is 852 g/mol. The third kappa shape index (κ3) is 40.7. The molecule has 0 aromatic rings. The highest BCUT2D eigenvalue weighted by Gasteiger charge is 2.21. The number of amides is 1. The molecule has 0 atom stereocenters. The zero-order valence-corrected chi connectivity index (χ0v) is 37.8. The molecule has 1 saturated heterocycles. The topological polar surface area (TPSA) is 282 Å². The summed E-state index contributed by atoms with van der Waals surface area (Å²) in [4.78, 5) is 54.0. The van der Waals surface area contributed by atoms with Crippen molar-refractivity contribution in [2.75, 3.05) is 237 Å². The van der Waals surface area contributed by atoms with Crippen LogP contribution in [0.2, 0.25) is 0 Å². The highest BCUT2D eigenvalue weighted by molar-refractivity contribution is 5.78. The minimum atomic E-state index is -1.02. The van der Waals surface area contributed by atoms with Crippen molar-refractivity contribution in [3.05, 3.63) is 0 Å². The summed E-state index contributed by atoms with van der Waals surface area (Å²) in [6, 6.07) is 0. The number of ether oxygens (including phenoxy) is 11. The molecule has 64 heavy (non-hydrogen) atoms. The Hall–Kier alpha value is -2.76. The number of carboxylic acid groups (broad SMARTS) is 3. The number of hydrogen-bond acceptors (Lipinski definition) is 20. The van der Waals surface area contributed by atoms with Gasteiger partial charge in [0.15, 0.2) is 0 Å². The lowest BCUT2D eigenvalue weighted by molar-refractivity contribution is -0.140. The van der Waals surface area contributed by atoms with Crippen LogP contribution in [0.25, 0.3) is 0 Å². The van der Waals surface area contributed by atoms with E-state index in [1.165, 1.54) is 0 Å². The first-order valence-electron chi connectivity index (χ1n) is 22.1. The maximum absolute atomic E-state index is 12.8. The Morgan fingerprint density at radius 3 is 0.766 bits per heavy atom. The largest absolute Gasteiger partial charge is 0.480 e. The van der Waals surface area contributed by atoms with E-state index in [2.05, 4.69) is 5.32 Å². The molecule has 0 aromatic carbocycles. The highest BCUT2D eigenvalue weighted by Crippen LogP contribution is 2.02. The third-order valence-corrected chi connectivity index (χ3v) is 8.92. The number of hydrogen-bond donors (Lipinski definition) is 5. The molecule has 0 radical (unpaired) electrons. The van der Waals surface area contributed by atoms with E-state index in [0.29, 0.717) is 198 Å². The van der Waals surface area contributed by atoms with E-state index in [4.69, 9.17) is 57.8 Å². The summed E-state index contributed by atoms with van der Waals surface area (Å²) < 4.78 is 60.0. The van der Waals surface area contributed by atoms with E-state index in [1.807, 2.05) is 4.90 Å². The molecule has 6 N–H and O–H groups in total. The van der Waals surface area contributed by atoms with Crippen LogP contribution in [0.4, 0.5) is 0 Å². The predicted octanol–water partition coefficient (Wildman–Crippen LogP) is -3.28. The van der Waals surface area contributed by atoms with Gasteiger partial charge < -0.3 is 78.5 Å². The van der Waals surface area contributed by atoms with Crippen molar-refractivity contribution in [1.29, 1.82) is 0 Å². The van der Waals surface area contributed by atoms with E-state index in [1.54, 1.807) is 14.7 Å². The van der Waals surface area contributed by atoms with Crippen LogP contribution in [0, 0.1) is 0 Å². The van der Waals surface area contributed by atoms with Crippen LogP contribution in [0.1, 0.15) is 0 Å². The minimum absolute atomic E-state index is 0.0325. The van der Waals surface area contributed by atoms with Gasteiger partial charge in [-0.2, -0.15) is 0 Å². The number of aliphatic carboxylic acids is 3. The minimum Gasteiger partial charge on any atom is -0.480 e. The molecule has 0 bridgehead atoms. The Morgan fingerprint density at radius 2 is 0.547 bits per heavy atom. The SMILES string of the molecule is NCCOCCOCCOCCOCCOCCOCCOCCOCCOCCOCCOCCNC(=O)CN1CCN(CC(=O)O)CCN(CC(=O)O)CCN(CC(=O)O)CC1. The second-order valence-corrected chi connectivity index (χ2v) is 14.2. The van der Waals surface area contributed by atoms with E-state index >= 15 is 0 Å². The molecule has 0 saturated carbocycles. The fourth-order valence-electron chi connectivity index (χ4n) is 5.69. The van der Waals surface area contributed by atoms with Gasteiger partial charge >= 0.3 is 17.9 Å². The number of carboxylic acids is 3. The standard InChI is InChI=1S/C40H78N6O18/c41-1-11-54-13-15-56-17-19-58-21-23-60-25-27-62-29-31-64-32-30-63-28-26-61-24-22-59-20-18-57-16-14-55-12-2-42-37(47)33-43-3-5-44(34-38(48)49)7-9-46(36-40(52)53)10-8-45(6-4-43)35-39(50)51/h1-36,41H2,(H,42,47)(H,48,49)(H,50,51)(H,52,53). The molecule has 376 valence electrons. The Morgan fingerprint density at radius 1 is 0.344 bits per heavy atom. The van der Waals surface area contributed by atoms with Crippen LogP contribution >= 0.6 is 0 Å². The van der Waals surface area contributed by atoms with Crippen molar-refractivity contribution in [2.45, 2.75) is 0 Å². The van der Waals surface area contributed by atoms with E-state index in [9.17, 15) is 34.5 Å². The predicted molar refractivity (Wildman–Crippen MR) is 230 cm³/mol. The molecule has 0 aliphatic carbocycles. The molecule has 1 fully saturated rings. The average molecular weight is 931 g/mol. The molecule has 0 unspecified atom stereocenters. The summed E-state index contributed by atoms with van der Waals surface area (Å²) in [5, 5.41) is 30.9. The van der Waals surface area contributed by atoms with Gasteiger partial charge in [0.1, 0.15) is 0 Å². The molecule has 0 aromatic heterocycles. The molecular formula is C40H78N6O18. The van der Waals surface area contributed by atoms with Crippen molar-refractivity contribution >= 4 is 23.8 Å². The zero-order valence-electron chi connectivity index (χ0n) is 37.8. The van der Waals surface area contributed by atoms with Gasteiger partial charge in [-0.3, -0.25) is 38.8 Å². The highest BCUT2D eigenvalue weighted by atomic mass is 16.6. The molecule has 1 aliphatic heterocycles. The lowest BCUT2D eigenvalue weighted by Crippen LogP contribution is -2.50. The first-order valence-corrected chi connectivity index (χ1v) is 22.1. The maximum Gasteiger partial charge on any atom is 0.317 e. The molecule has 1 amide bonds. The molecule has 1 rings (SSSR count). The van der Waals surface area contributed by atoms with Gasteiger partial charge in [-0.25, -0.2) is 0 Å². The Balaban J connectivity index is 1.96. The average Bonchev–Trinajstić information content (AvgIpc) is 3.25. The number of nitrogens with zero attached hydrogens (tertiary/aromatic N) is 4. The molecule has 1 aliphatic rings. The second-order valence-electron chi connectivity index (χ2n) is 14.2. The van der Waals surface area contributed by atoms with Gasteiger partial charge in [0.05, 0.1) is 172 Å². The number of nitrogens with one attached hydrogen (secondary N) is 1. The molecule has 0 spiro atoms. The number of nitrogens with two attached hydrogens (primary N) is 1. The van der Waals surface area contributed by atoms with Crippen LogP contribution in [0.5, 0.6) is 0 Å². The van der Waals surface area contributed by atoms with Gasteiger partial charge in [0, 0.05) is 65.4 Å². The Labute approximate surface area is 377 Å². The normalized spacial score (nSPS) is 15.2. The van der Waals surface area contributed by atoms with Crippen molar-refractivity contribution in [3.63, 3.8) is 0 Å². The smallest absolute Gasteiger partial charge is 0.317 e. The molecule has 24 heteroatoms. The van der Waals surface area contributed by atoms with Crippen LogP contribution in [0.15, 0.2) is 0 Å². The second kappa shape index (κ2) is 44.1. The summed E-state index contributed by atoms with van der Waals surface area (Å²) in [7, 11) is 0. The van der Waals surface area contributed by atoms with Gasteiger partial charge in [0.2, 0.25) is 5.91 Å². The van der Waals surface area contributed by atoms with E-state index in [-0.39, 0.29) is 45.2 Å². The maximum atomic E-state index is 12.8. The Bertz CT molecular complexity index is 1110. The number of rotatable bonds is 43. The van der Waals surface area contributed by atoms with Crippen LogP contribution < -0.4 is 11.1 Å². The lowest BCUT2D eigenvalue weighted by Gasteiger charge is -2.32. The summed E-state index contributed by atoms with van der Waals surface area (Å²) >= 11 is 0. The molecule has 1 heterocycles. The van der Waals surface area contributed by atoms with Crippen molar-refractivity contribution in [1.82, 2.24) is 24.9 Å². The number of carbonyl (C=O) groups is 4. The van der Waals surface area contributed by atoms with Crippen LogP contribution in [-0.4, -0.2) is 296 Å². The molecule has 24 nitrogen and oxygen atoms in total. The van der Waals surface area contributed by atoms with Gasteiger partial charge in [-0.15, -0.1) is 0 Å². The van der Waals surface area contributed by atoms with Crippen LogP contribution in [0.3, 0.4) is 0 Å². The van der Waals surface area contributed by atoms with Gasteiger partial charge in [-0.1, -0.05) is 0 Å². The third-order valence-electron chi connectivity index (χ3n) is 8.92.